The first-order valence-electron chi connectivity index (χ1n) is 6.89. The van der Waals surface area contributed by atoms with Crippen LogP contribution in [0.25, 0.3) is 17.1 Å². The Morgan fingerprint density at radius 2 is 2.09 bits per heavy atom. The van der Waals surface area contributed by atoms with Gasteiger partial charge < -0.3 is 13.7 Å². The highest BCUT2D eigenvalue weighted by Gasteiger charge is 2.20. The average molecular weight is 362 g/mol. The molecule has 0 aromatic carbocycles. The summed E-state index contributed by atoms with van der Waals surface area (Å²) in [6.45, 7) is 2.01. The smallest absolute Gasteiger partial charge is 0.228 e. The van der Waals surface area contributed by atoms with Crippen LogP contribution < -0.4 is 0 Å². The maximum atomic E-state index is 12.2. The molecule has 0 bridgehead atoms. The third kappa shape index (κ3) is 2.66. The minimum absolute atomic E-state index is 0.0233. The molecule has 3 rings (SSSR count). The Bertz CT molecular complexity index is 848. The average Bonchev–Trinajstić information content (AvgIpc) is 3.03. The van der Waals surface area contributed by atoms with E-state index in [1.54, 1.807) is 19.0 Å². The van der Waals surface area contributed by atoms with Gasteiger partial charge in [0.15, 0.2) is 10.4 Å². The molecule has 3 heterocycles. The fourth-order valence-corrected chi connectivity index (χ4v) is 2.62. The number of hydrogen-bond donors (Lipinski definition) is 0. The Labute approximate surface area is 136 Å². The van der Waals surface area contributed by atoms with Crippen LogP contribution in [0.1, 0.15) is 11.3 Å². The van der Waals surface area contributed by atoms with Gasteiger partial charge in [-0.2, -0.15) is 0 Å². The largest absolute Gasteiger partial charge is 0.448 e. The van der Waals surface area contributed by atoms with Crippen LogP contribution in [-0.2, 0) is 11.2 Å². The van der Waals surface area contributed by atoms with Crippen LogP contribution in [0.5, 0.6) is 0 Å². The first-order chi connectivity index (χ1) is 10.5. The molecule has 0 aliphatic rings. The zero-order chi connectivity index (χ0) is 15.9. The van der Waals surface area contributed by atoms with E-state index >= 15 is 0 Å². The molecule has 0 radical (unpaired) electrons. The molecule has 6 heteroatoms. The lowest BCUT2D eigenvalue weighted by Gasteiger charge is -2.10. The van der Waals surface area contributed by atoms with Gasteiger partial charge in [0, 0.05) is 20.3 Å². The van der Waals surface area contributed by atoms with Gasteiger partial charge in [-0.15, -0.1) is 0 Å². The summed E-state index contributed by atoms with van der Waals surface area (Å²) in [5, 5.41) is 0. The molecule has 114 valence electrons. The van der Waals surface area contributed by atoms with E-state index in [1.165, 1.54) is 0 Å². The molecule has 0 N–H and O–H groups in total. The zero-order valence-corrected chi connectivity index (χ0v) is 14.2. The molecule has 5 nitrogen and oxygen atoms in total. The van der Waals surface area contributed by atoms with Crippen LogP contribution >= 0.6 is 15.9 Å². The van der Waals surface area contributed by atoms with Gasteiger partial charge >= 0.3 is 0 Å². The first kappa shape index (κ1) is 14.8. The van der Waals surface area contributed by atoms with Crippen LogP contribution in [0, 0.1) is 6.92 Å². The minimum atomic E-state index is 0.0233. The minimum Gasteiger partial charge on any atom is -0.448 e. The third-order valence-corrected chi connectivity index (χ3v) is 3.92. The maximum absolute atomic E-state index is 12.2. The number of aromatic nitrogens is 2. The number of fused-ring (bicyclic) bond motifs is 1. The summed E-state index contributed by atoms with van der Waals surface area (Å²) in [6.07, 6.45) is 2.26. The lowest BCUT2D eigenvalue weighted by atomic mass is 10.2. The molecule has 3 aromatic rings. The van der Waals surface area contributed by atoms with Gasteiger partial charge in [-0.3, -0.25) is 4.79 Å². The summed E-state index contributed by atoms with van der Waals surface area (Å²) in [6, 6.07) is 7.62. The number of furan rings is 1. The highest BCUT2D eigenvalue weighted by molar-refractivity contribution is 9.10. The molecule has 0 aliphatic carbocycles. The predicted octanol–water partition coefficient (Wildman–Crippen LogP) is 3.30. The number of carbonyl (C=O) groups is 1. The molecule has 0 aliphatic heterocycles. The number of halogens is 1. The van der Waals surface area contributed by atoms with Crippen LogP contribution in [0.15, 0.2) is 39.5 Å². The SMILES string of the molecule is Cc1ccc2nc(-c3ccc(Br)o3)c(CC(=O)N(C)C)n2c1. The third-order valence-electron chi connectivity index (χ3n) is 3.49. The predicted molar refractivity (Wildman–Crippen MR) is 87.7 cm³/mol. The number of likely N-dealkylation sites (N-methyl/N-ethyl adjacent to an activating group) is 1. The Balaban J connectivity index is 2.19. The van der Waals surface area contributed by atoms with Crippen molar-refractivity contribution in [3.8, 4) is 11.5 Å². The number of amides is 1. The van der Waals surface area contributed by atoms with Crippen molar-refractivity contribution in [2.24, 2.45) is 0 Å². The van der Waals surface area contributed by atoms with Crippen LogP contribution in [-0.4, -0.2) is 34.3 Å². The quantitative estimate of drug-likeness (QED) is 0.719. The van der Waals surface area contributed by atoms with E-state index in [0.717, 1.165) is 16.9 Å². The summed E-state index contributed by atoms with van der Waals surface area (Å²) in [5.74, 6) is 0.671. The van der Waals surface area contributed by atoms with E-state index in [1.807, 2.05) is 41.8 Å². The molecule has 3 aromatic heterocycles. The standard InChI is InChI=1S/C16H16BrN3O2/c1-10-4-7-14-18-16(12-5-6-13(17)22-12)11(20(14)9-10)8-15(21)19(2)3/h4-7,9H,8H2,1-3H3. The fraction of sp³-hybridized carbons (Fsp3) is 0.250. The van der Waals surface area contributed by atoms with E-state index in [9.17, 15) is 4.79 Å². The summed E-state index contributed by atoms with van der Waals surface area (Å²) in [5.41, 5.74) is 3.44. The normalized spacial score (nSPS) is 11.1. The Kier molecular flexibility index (Phi) is 3.78. The van der Waals surface area contributed by atoms with Gasteiger partial charge in [-0.05, 0) is 46.6 Å². The number of aryl methyl sites for hydroxylation is 1. The lowest BCUT2D eigenvalue weighted by Crippen LogP contribution is -2.24. The summed E-state index contributed by atoms with van der Waals surface area (Å²) in [7, 11) is 3.50. The van der Waals surface area contributed by atoms with Crippen molar-refractivity contribution in [3.63, 3.8) is 0 Å². The van der Waals surface area contributed by atoms with Crippen molar-refractivity contribution in [2.75, 3.05) is 14.1 Å². The van der Waals surface area contributed by atoms with Crippen molar-refractivity contribution >= 4 is 27.5 Å². The number of imidazole rings is 1. The van der Waals surface area contributed by atoms with Crippen molar-refractivity contribution in [3.05, 3.63) is 46.4 Å². The number of rotatable bonds is 3. The molecular weight excluding hydrogens is 346 g/mol. The molecule has 0 unspecified atom stereocenters. The fourth-order valence-electron chi connectivity index (χ4n) is 2.31. The van der Waals surface area contributed by atoms with Crippen molar-refractivity contribution in [1.82, 2.24) is 14.3 Å². The maximum Gasteiger partial charge on any atom is 0.228 e. The number of carbonyl (C=O) groups excluding carboxylic acids is 1. The van der Waals surface area contributed by atoms with Crippen LogP contribution in [0.3, 0.4) is 0 Å². The molecule has 22 heavy (non-hydrogen) atoms. The summed E-state index contributed by atoms with van der Waals surface area (Å²) in [4.78, 5) is 18.4. The topological polar surface area (TPSA) is 50.8 Å². The lowest BCUT2D eigenvalue weighted by molar-refractivity contribution is -0.128. The van der Waals surface area contributed by atoms with Gasteiger partial charge in [0.2, 0.25) is 5.91 Å². The number of nitrogens with zero attached hydrogens (tertiary/aromatic N) is 3. The second-order valence-electron chi connectivity index (χ2n) is 5.41. The Morgan fingerprint density at radius 3 is 2.73 bits per heavy atom. The van der Waals surface area contributed by atoms with Crippen LogP contribution in [0.4, 0.5) is 0 Å². The summed E-state index contributed by atoms with van der Waals surface area (Å²) >= 11 is 3.31. The van der Waals surface area contributed by atoms with Gasteiger partial charge in [0.25, 0.3) is 0 Å². The van der Waals surface area contributed by atoms with E-state index in [2.05, 4.69) is 20.9 Å². The van der Waals surface area contributed by atoms with Gasteiger partial charge in [-0.1, -0.05) is 6.07 Å². The van der Waals surface area contributed by atoms with E-state index in [-0.39, 0.29) is 12.3 Å². The first-order valence-corrected chi connectivity index (χ1v) is 7.68. The Morgan fingerprint density at radius 1 is 1.32 bits per heavy atom. The second kappa shape index (κ2) is 5.61. The highest BCUT2D eigenvalue weighted by Crippen LogP contribution is 2.29. The van der Waals surface area contributed by atoms with Crippen molar-refractivity contribution in [2.45, 2.75) is 13.3 Å². The van der Waals surface area contributed by atoms with E-state index in [4.69, 9.17) is 4.42 Å². The molecule has 0 fully saturated rings. The zero-order valence-electron chi connectivity index (χ0n) is 12.6. The molecule has 0 saturated heterocycles. The number of pyridine rings is 1. The molecule has 0 atom stereocenters. The van der Waals surface area contributed by atoms with E-state index in [0.29, 0.717) is 16.1 Å². The van der Waals surface area contributed by atoms with Crippen molar-refractivity contribution in [1.29, 1.82) is 0 Å². The monoisotopic (exact) mass is 361 g/mol. The second-order valence-corrected chi connectivity index (χ2v) is 6.19. The molecule has 0 spiro atoms. The number of hydrogen-bond acceptors (Lipinski definition) is 3. The van der Waals surface area contributed by atoms with Gasteiger partial charge in [-0.25, -0.2) is 4.98 Å². The molecule has 1 amide bonds. The van der Waals surface area contributed by atoms with E-state index < -0.39 is 0 Å². The van der Waals surface area contributed by atoms with Gasteiger partial charge in [0.1, 0.15) is 11.3 Å². The molecule has 0 saturated carbocycles. The van der Waals surface area contributed by atoms with Crippen LogP contribution in [0.2, 0.25) is 0 Å². The van der Waals surface area contributed by atoms with Crippen molar-refractivity contribution < 1.29 is 9.21 Å². The van der Waals surface area contributed by atoms with Gasteiger partial charge in [0.05, 0.1) is 12.1 Å². The highest BCUT2D eigenvalue weighted by atomic mass is 79.9. The summed E-state index contributed by atoms with van der Waals surface area (Å²) < 4.78 is 8.23. The Hall–Kier alpha value is -2.08. The molecular formula is C16H16BrN3O2.